The standard InChI is InChI=1S/C8H4INO4S2/c9-16(11,12)8-10-6-5(15-8)2-1-4-7(6)14-3-13-4/h1-2H,3H2. The molecule has 0 amide bonds. The van der Waals surface area contributed by atoms with Gasteiger partial charge in [-0.25, -0.2) is 13.4 Å². The van der Waals surface area contributed by atoms with Gasteiger partial charge in [0.1, 0.15) is 5.52 Å². The molecule has 0 atom stereocenters. The third kappa shape index (κ3) is 1.55. The van der Waals surface area contributed by atoms with Gasteiger partial charge in [0.15, 0.2) is 11.5 Å². The van der Waals surface area contributed by atoms with E-state index in [1.165, 1.54) is 21.2 Å². The first-order chi connectivity index (χ1) is 7.55. The van der Waals surface area contributed by atoms with Crippen LogP contribution < -0.4 is 9.47 Å². The van der Waals surface area contributed by atoms with Gasteiger partial charge < -0.3 is 9.47 Å². The summed E-state index contributed by atoms with van der Waals surface area (Å²) in [5.74, 6) is 1.13. The number of ether oxygens (including phenoxy) is 2. The second kappa shape index (κ2) is 3.44. The largest absolute Gasteiger partial charge is 0.454 e. The third-order valence-corrected chi connectivity index (χ3v) is 6.46. The first kappa shape index (κ1) is 10.5. The Morgan fingerprint density at radius 2 is 2.19 bits per heavy atom. The van der Waals surface area contributed by atoms with Crippen molar-refractivity contribution in [1.29, 1.82) is 0 Å². The van der Waals surface area contributed by atoms with Crippen LogP contribution in [0.2, 0.25) is 0 Å². The molecule has 1 aromatic heterocycles. The van der Waals surface area contributed by atoms with E-state index in [9.17, 15) is 8.42 Å². The van der Waals surface area contributed by atoms with Gasteiger partial charge in [0, 0.05) is 0 Å². The molecule has 0 saturated carbocycles. The van der Waals surface area contributed by atoms with Gasteiger partial charge in [-0.05, 0) is 12.1 Å². The van der Waals surface area contributed by atoms with Crippen LogP contribution in [0.1, 0.15) is 0 Å². The highest BCUT2D eigenvalue weighted by Gasteiger charge is 2.23. The van der Waals surface area contributed by atoms with Gasteiger partial charge in [-0.15, -0.1) is 11.3 Å². The van der Waals surface area contributed by atoms with Gasteiger partial charge in [-0.1, -0.05) is 0 Å². The molecule has 0 radical (unpaired) electrons. The van der Waals surface area contributed by atoms with Gasteiger partial charge in [-0.3, -0.25) is 0 Å². The van der Waals surface area contributed by atoms with Crippen LogP contribution in [-0.4, -0.2) is 20.2 Å². The first-order valence-corrected chi connectivity index (χ1v) is 9.04. The lowest BCUT2D eigenvalue weighted by Gasteiger charge is -1.94. The highest BCUT2D eigenvalue weighted by molar-refractivity contribution is 14.2. The maximum absolute atomic E-state index is 11.4. The predicted molar refractivity (Wildman–Crippen MR) is 66.9 cm³/mol. The van der Waals surface area contributed by atoms with E-state index < -0.39 is 7.01 Å². The molecular formula is C8H4INO4S2. The van der Waals surface area contributed by atoms with E-state index in [4.69, 9.17) is 9.47 Å². The lowest BCUT2D eigenvalue weighted by atomic mass is 10.3. The van der Waals surface area contributed by atoms with Crippen LogP contribution in [0.25, 0.3) is 10.2 Å². The second-order valence-corrected chi connectivity index (χ2v) is 9.09. The van der Waals surface area contributed by atoms with Crippen molar-refractivity contribution < 1.29 is 17.9 Å². The lowest BCUT2D eigenvalue weighted by molar-refractivity contribution is 0.174. The minimum atomic E-state index is -3.30. The van der Waals surface area contributed by atoms with E-state index >= 15 is 0 Å². The van der Waals surface area contributed by atoms with Gasteiger partial charge in [0.25, 0.3) is 7.01 Å². The number of hydrogen-bond acceptors (Lipinski definition) is 6. The van der Waals surface area contributed by atoms with Gasteiger partial charge in [0.2, 0.25) is 11.1 Å². The Hall–Kier alpha value is -0.610. The molecule has 0 saturated heterocycles. The summed E-state index contributed by atoms with van der Waals surface area (Å²) in [6.07, 6.45) is 0. The van der Waals surface area contributed by atoms with Gasteiger partial charge >= 0.3 is 0 Å². The van der Waals surface area contributed by atoms with Crippen molar-refractivity contribution in [1.82, 2.24) is 4.98 Å². The number of hydrogen-bond donors (Lipinski definition) is 0. The Labute approximate surface area is 107 Å². The van der Waals surface area contributed by atoms with Crippen LogP contribution in [0, 0.1) is 0 Å². The molecule has 1 aliphatic heterocycles. The summed E-state index contributed by atoms with van der Waals surface area (Å²) in [4.78, 5) is 4.07. The summed E-state index contributed by atoms with van der Waals surface area (Å²) < 4.78 is 34.1. The van der Waals surface area contributed by atoms with Gasteiger partial charge in [0.05, 0.1) is 25.9 Å². The molecule has 8 heteroatoms. The Bertz CT molecular complexity index is 679. The van der Waals surface area contributed by atoms with Crippen molar-refractivity contribution in [2.24, 2.45) is 0 Å². The number of fused-ring (bicyclic) bond motifs is 3. The Kier molecular flexibility index (Phi) is 2.27. The molecule has 2 aromatic rings. The van der Waals surface area contributed by atoms with E-state index in [2.05, 4.69) is 4.98 Å². The summed E-state index contributed by atoms with van der Waals surface area (Å²) in [7, 11) is -3.30. The number of halogens is 1. The van der Waals surface area contributed by atoms with E-state index in [-0.39, 0.29) is 11.1 Å². The van der Waals surface area contributed by atoms with E-state index in [0.717, 1.165) is 16.0 Å². The molecule has 0 bridgehead atoms. The monoisotopic (exact) mass is 369 g/mol. The predicted octanol–water partition coefficient (Wildman–Crippen LogP) is 2.15. The fourth-order valence-corrected chi connectivity index (χ4v) is 4.11. The number of thiazole rings is 1. The topological polar surface area (TPSA) is 65.5 Å². The third-order valence-electron chi connectivity index (χ3n) is 2.08. The van der Waals surface area contributed by atoms with Gasteiger partial charge in [-0.2, -0.15) is 0 Å². The zero-order valence-electron chi connectivity index (χ0n) is 7.64. The number of aromatic nitrogens is 1. The molecule has 3 rings (SSSR count). The van der Waals surface area contributed by atoms with Crippen LogP contribution in [0.15, 0.2) is 16.5 Å². The van der Waals surface area contributed by atoms with E-state index in [0.29, 0.717) is 17.0 Å². The molecule has 0 unspecified atom stereocenters. The zero-order valence-corrected chi connectivity index (χ0v) is 11.4. The summed E-state index contributed by atoms with van der Waals surface area (Å²) >= 11 is 2.50. The van der Waals surface area contributed by atoms with E-state index in [1.807, 2.05) is 0 Å². The van der Waals surface area contributed by atoms with Crippen molar-refractivity contribution in [2.75, 3.05) is 6.79 Å². The Morgan fingerprint density at radius 3 is 2.94 bits per heavy atom. The van der Waals surface area contributed by atoms with E-state index in [1.54, 1.807) is 12.1 Å². The SMILES string of the molecule is O=S(=O)(I)c1nc2c3c(ccc2s1)OCO3. The summed E-state index contributed by atoms with van der Waals surface area (Å²) in [5, 5.41) is 0. The molecule has 1 aromatic carbocycles. The summed E-state index contributed by atoms with van der Waals surface area (Å²) in [6.45, 7) is 0.151. The summed E-state index contributed by atoms with van der Waals surface area (Å²) in [6, 6.07) is 3.54. The maximum Gasteiger partial charge on any atom is 0.257 e. The molecule has 0 aliphatic carbocycles. The molecule has 0 N–H and O–H groups in total. The summed E-state index contributed by atoms with van der Waals surface area (Å²) in [5.41, 5.74) is 0.551. The van der Waals surface area contributed by atoms with Crippen LogP contribution in [0.4, 0.5) is 0 Å². The highest BCUT2D eigenvalue weighted by Crippen LogP contribution is 2.41. The van der Waals surface area contributed by atoms with Crippen molar-refractivity contribution >= 4 is 49.8 Å². The highest BCUT2D eigenvalue weighted by atomic mass is 127. The minimum Gasteiger partial charge on any atom is -0.454 e. The average molecular weight is 369 g/mol. The lowest BCUT2D eigenvalue weighted by Crippen LogP contribution is -1.93. The molecule has 1 aliphatic rings. The molecule has 5 nitrogen and oxygen atoms in total. The maximum atomic E-state index is 11.4. The zero-order chi connectivity index (χ0) is 11.3. The van der Waals surface area contributed by atoms with Crippen molar-refractivity contribution in [3.8, 4) is 11.5 Å². The molecule has 16 heavy (non-hydrogen) atoms. The van der Waals surface area contributed by atoms with Crippen LogP contribution >= 0.6 is 32.5 Å². The molecule has 0 spiro atoms. The second-order valence-electron chi connectivity index (χ2n) is 3.06. The quantitative estimate of drug-likeness (QED) is 0.569. The number of nitrogens with zero attached hydrogens (tertiary/aromatic N) is 1. The van der Waals surface area contributed by atoms with Crippen molar-refractivity contribution in [3.05, 3.63) is 12.1 Å². The normalized spacial score (nSPS) is 14.6. The average Bonchev–Trinajstić information content (AvgIpc) is 2.81. The Morgan fingerprint density at radius 1 is 1.38 bits per heavy atom. The smallest absolute Gasteiger partial charge is 0.257 e. The van der Waals surface area contributed by atoms with Crippen molar-refractivity contribution in [3.63, 3.8) is 0 Å². The fraction of sp³-hybridized carbons (Fsp3) is 0.125. The Balaban J connectivity index is 2.34. The molecule has 2 heterocycles. The molecular weight excluding hydrogens is 365 g/mol. The molecule has 0 fully saturated rings. The first-order valence-electron chi connectivity index (χ1n) is 4.19. The van der Waals surface area contributed by atoms with Crippen LogP contribution in [-0.2, 0) is 7.01 Å². The number of rotatable bonds is 1. The van der Waals surface area contributed by atoms with Crippen LogP contribution in [0.5, 0.6) is 11.5 Å². The molecule has 84 valence electrons. The fourth-order valence-electron chi connectivity index (χ4n) is 1.44. The van der Waals surface area contributed by atoms with Crippen molar-refractivity contribution in [2.45, 2.75) is 4.34 Å². The minimum absolute atomic E-state index is 0.0898. The van der Waals surface area contributed by atoms with Crippen LogP contribution in [0.3, 0.4) is 0 Å². The number of benzene rings is 1.